The monoisotopic (exact) mass is 236 g/mol. The molecule has 3 heteroatoms. The Morgan fingerprint density at radius 1 is 1.06 bits per heavy atom. The van der Waals surface area contributed by atoms with Crippen molar-refractivity contribution in [2.45, 2.75) is 44.9 Å². The fourth-order valence-corrected chi connectivity index (χ4v) is 3.83. The number of nitrogens with zero attached hydrogens (tertiary/aromatic N) is 1. The highest BCUT2D eigenvalue weighted by molar-refractivity contribution is 5.80. The number of hydrogen-bond donors (Lipinski definition) is 1. The average Bonchev–Trinajstić information content (AvgIpc) is 2.28. The SMILES string of the molecule is O=C(C1CNC1)N1CCCC2(CCCCC2)C1. The number of hydrogen-bond acceptors (Lipinski definition) is 2. The lowest BCUT2D eigenvalue weighted by molar-refractivity contribution is -0.141. The molecule has 96 valence electrons. The van der Waals surface area contributed by atoms with Gasteiger partial charge in [-0.2, -0.15) is 0 Å². The first-order chi connectivity index (χ1) is 8.29. The number of carbonyl (C=O) groups excluding carboxylic acids is 1. The maximum Gasteiger partial charge on any atom is 0.228 e. The van der Waals surface area contributed by atoms with Gasteiger partial charge >= 0.3 is 0 Å². The van der Waals surface area contributed by atoms with Crippen LogP contribution in [0.1, 0.15) is 44.9 Å². The third-order valence-electron chi connectivity index (χ3n) is 5.02. The molecule has 17 heavy (non-hydrogen) atoms. The number of carbonyl (C=O) groups is 1. The van der Waals surface area contributed by atoms with Gasteiger partial charge in [-0.25, -0.2) is 0 Å². The molecular weight excluding hydrogens is 212 g/mol. The zero-order valence-corrected chi connectivity index (χ0v) is 10.7. The fourth-order valence-electron chi connectivity index (χ4n) is 3.83. The zero-order valence-electron chi connectivity index (χ0n) is 10.7. The van der Waals surface area contributed by atoms with Crippen molar-refractivity contribution in [3.63, 3.8) is 0 Å². The molecule has 0 bridgehead atoms. The quantitative estimate of drug-likeness (QED) is 0.752. The van der Waals surface area contributed by atoms with Crippen molar-refractivity contribution in [2.75, 3.05) is 26.2 Å². The molecule has 1 saturated carbocycles. The lowest BCUT2D eigenvalue weighted by Gasteiger charge is -2.46. The summed E-state index contributed by atoms with van der Waals surface area (Å²) in [5.74, 6) is 0.710. The highest BCUT2D eigenvalue weighted by Crippen LogP contribution is 2.43. The van der Waals surface area contributed by atoms with Gasteiger partial charge in [-0.3, -0.25) is 4.79 Å². The molecule has 0 atom stereocenters. The number of likely N-dealkylation sites (tertiary alicyclic amines) is 1. The number of nitrogens with one attached hydrogen (secondary N) is 1. The van der Waals surface area contributed by atoms with Crippen LogP contribution in [-0.4, -0.2) is 37.0 Å². The summed E-state index contributed by atoms with van der Waals surface area (Å²) in [6.45, 7) is 3.88. The lowest BCUT2D eigenvalue weighted by atomic mass is 9.69. The fraction of sp³-hybridized carbons (Fsp3) is 0.929. The number of piperidine rings is 1. The Morgan fingerprint density at radius 3 is 2.41 bits per heavy atom. The molecule has 1 spiro atoms. The summed E-state index contributed by atoms with van der Waals surface area (Å²) in [7, 11) is 0. The van der Waals surface area contributed by atoms with Crippen LogP contribution in [-0.2, 0) is 4.79 Å². The van der Waals surface area contributed by atoms with E-state index in [0.29, 0.717) is 11.3 Å². The predicted octanol–water partition coefficient (Wildman–Crippen LogP) is 1.78. The molecule has 0 unspecified atom stereocenters. The molecule has 1 amide bonds. The van der Waals surface area contributed by atoms with Crippen molar-refractivity contribution in [3.8, 4) is 0 Å². The summed E-state index contributed by atoms with van der Waals surface area (Å²) in [5.41, 5.74) is 0.503. The molecule has 3 aliphatic rings. The Hall–Kier alpha value is -0.570. The van der Waals surface area contributed by atoms with Crippen LogP contribution in [0.15, 0.2) is 0 Å². The van der Waals surface area contributed by atoms with Crippen molar-refractivity contribution in [3.05, 3.63) is 0 Å². The summed E-state index contributed by atoms with van der Waals surface area (Å²) < 4.78 is 0. The lowest BCUT2D eigenvalue weighted by Crippen LogP contribution is -2.55. The first kappa shape index (κ1) is 11.5. The van der Waals surface area contributed by atoms with Gasteiger partial charge in [0.05, 0.1) is 5.92 Å². The minimum Gasteiger partial charge on any atom is -0.342 e. The second-order valence-electron chi connectivity index (χ2n) is 6.28. The van der Waals surface area contributed by atoms with E-state index in [9.17, 15) is 4.79 Å². The Labute approximate surface area is 104 Å². The van der Waals surface area contributed by atoms with E-state index in [1.54, 1.807) is 0 Å². The van der Waals surface area contributed by atoms with Gasteiger partial charge in [-0.1, -0.05) is 19.3 Å². The van der Waals surface area contributed by atoms with Gasteiger partial charge in [-0.05, 0) is 31.1 Å². The Balaban J connectivity index is 1.64. The molecule has 2 aliphatic heterocycles. The number of amides is 1. The maximum atomic E-state index is 12.3. The zero-order chi connectivity index (χ0) is 11.7. The summed E-state index contributed by atoms with van der Waals surface area (Å²) in [5, 5.41) is 3.20. The first-order valence-electron chi connectivity index (χ1n) is 7.29. The molecule has 0 aromatic rings. The third-order valence-corrected chi connectivity index (χ3v) is 5.02. The van der Waals surface area contributed by atoms with E-state index in [4.69, 9.17) is 0 Å². The van der Waals surface area contributed by atoms with Gasteiger partial charge in [0.15, 0.2) is 0 Å². The van der Waals surface area contributed by atoms with E-state index in [1.165, 1.54) is 44.9 Å². The van der Waals surface area contributed by atoms with Gasteiger partial charge in [0.25, 0.3) is 0 Å². The Bertz CT molecular complexity index is 287. The average molecular weight is 236 g/mol. The second kappa shape index (κ2) is 4.60. The van der Waals surface area contributed by atoms with Gasteiger partial charge in [0.1, 0.15) is 0 Å². The molecule has 0 radical (unpaired) electrons. The smallest absolute Gasteiger partial charge is 0.228 e. The van der Waals surface area contributed by atoms with Crippen molar-refractivity contribution < 1.29 is 4.79 Å². The van der Waals surface area contributed by atoms with Crippen molar-refractivity contribution >= 4 is 5.91 Å². The molecule has 0 aromatic carbocycles. The summed E-state index contributed by atoms with van der Waals surface area (Å²) >= 11 is 0. The van der Waals surface area contributed by atoms with E-state index in [0.717, 1.165) is 26.2 Å². The molecular formula is C14H24N2O. The molecule has 3 nitrogen and oxygen atoms in total. The Morgan fingerprint density at radius 2 is 1.76 bits per heavy atom. The van der Waals surface area contributed by atoms with E-state index in [-0.39, 0.29) is 5.92 Å². The van der Waals surface area contributed by atoms with Crippen LogP contribution in [0.25, 0.3) is 0 Å². The predicted molar refractivity (Wildman–Crippen MR) is 67.7 cm³/mol. The highest BCUT2D eigenvalue weighted by Gasteiger charge is 2.40. The van der Waals surface area contributed by atoms with Crippen molar-refractivity contribution in [1.82, 2.24) is 10.2 Å². The van der Waals surface area contributed by atoms with E-state index < -0.39 is 0 Å². The summed E-state index contributed by atoms with van der Waals surface area (Å²) in [6, 6.07) is 0. The largest absolute Gasteiger partial charge is 0.342 e. The Kier molecular flexibility index (Phi) is 3.12. The highest BCUT2D eigenvalue weighted by atomic mass is 16.2. The van der Waals surface area contributed by atoms with Gasteiger partial charge in [0, 0.05) is 26.2 Å². The minimum absolute atomic E-state index is 0.286. The standard InChI is InChI=1S/C14H24N2O/c17-13(12-9-15-10-12)16-8-4-7-14(11-16)5-2-1-3-6-14/h12,15H,1-11H2. The van der Waals surface area contributed by atoms with Crippen LogP contribution in [0.5, 0.6) is 0 Å². The first-order valence-corrected chi connectivity index (χ1v) is 7.29. The normalized spacial score (nSPS) is 29.1. The minimum atomic E-state index is 0.286. The molecule has 3 rings (SSSR count). The van der Waals surface area contributed by atoms with Gasteiger partial charge in [0.2, 0.25) is 5.91 Å². The molecule has 2 heterocycles. The van der Waals surface area contributed by atoms with Crippen LogP contribution in [0.4, 0.5) is 0 Å². The van der Waals surface area contributed by atoms with Crippen LogP contribution in [0.2, 0.25) is 0 Å². The van der Waals surface area contributed by atoms with Crippen molar-refractivity contribution in [2.24, 2.45) is 11.3 Å². The van der Waals surface area contributed by atoms with E-state index in [1.807, 2.05) is 0 Å². The topological polar surface area (TPSA) is 32.3 Å². The molecule has 1 N–H and O–H groups in total. The second-order valence-corrected chi connectivity index (χ2v) is 6.28. The molecule has 1 aliphatic carbocycles. The molecule has 3 fully saturated rings. The van der Waals surface area contributed by atoms with E-state index >= 15 is 0 Å². The van der Waals surface area contributed by atoms with Gasteiger partial charge in [-0.15, -0.1) is 0 Å². The van der Waals surface area contributed by atoms with Crippen LogP contribution >= 0.6 is 0 Å². The summed E-state index contributed by atoms with van der Waals surface area (Å²) in [6.07, 6.45) is 9.48. The summed E-state index contributed by atoms with van der Waals surface area (Å²) in [4.78, 5) is 14.5. The van der Waals surface area contributed by atoms with Crippen LogP contribution in [0.3, 0.4) is 0 Å². The van der Waals surface area contributed by atoms with Gasteiger partial charge < -0.3 is 10.2 Å². The maximum absolute atomic E-state index is 12.3. The van der Waals surface area contributed by atoms with Crippen LogP contribution in [0, 0.1) is 11.3 Å². The van der Waals surface area contributed by atoms with Crippen LogP contribution < -0.4 is 5.32 Å². The molecule has 2 saturated heterocycles. The number of rotatable bonds is 1. The molecule has 0 aromatic heterocycles. The van der Waals surface area contributed by atoms with Crippen molar-refractivity contribution in [1.29, 1.82) is 0 Å². The third kappa shape index (κ3) is 2.22. The van der Waals surface area contributed by atoms with E-state index in [2.05, 4.69) is 10.2 Å².